The lowest BCUT2D eigenvalue weighted by atomic mass is 10.0. The van der Waals surface area contributed by atoms with Gasteiger partial charge in [0.1, 0.15) is 0 Å². The van der Waals surface area contributed by atoms with E-state index in [2.05, 4.69) is 15.8 Å². The molecule has 0 saturated heterocycles. The molecule has 0 aliphatic heterocycles. The minimum atomic E-state index is -0.687. The molecule has 33 heavy (non-hydrogen) atoms. The second kappa shape index (κ2) is 9.93. The first-order chi connectivity index (χ1) is 16.0. The van der Waals surface area contributed by atoms with Gasteiger partial charge in [-0.2, -0.15) is 0 Å². The summed E-state index contributed by atoms with van der Waals surface area (Å²) in [5.74, 6) is -1.85. The summed E-state index contributed by atoms with van der Waals surface area (Å²) in [5.41, 5.74) is 7.11. The summed E-state index contributed by atoms with van der Waals surface area (Å²) >= 11 is 5.97. The zero-order chi connectivity index (χ0) is 23.2. The fourth-order valence-corrected chi connectivity index (χ4v) is 3.27. The molecule has 0 radical (unpaired) electrons. The number of nitrogens with zero attached hydrogens (tertiary/aromatic N) is 1. The van der Waals surface area contributed by atoms with Crippen molar-refractivity contribution in [1.29, 1.82) is 0 Å². The Bertz CT molecular complexity index is 1320. The minimum Gasteiger partial charge on any atom is -0.452 e. The van der Waals surface area contributed by atoms with E-state index in [0.717, 1.165) is 5.56 Å². The summed E-state index contributed by atoms with van der Waals surface area (Å²) < 4.78 is 5.19. The van der Waals surface area contributed by atoms with Gasteiger partial charge in [-0.25, -0.2) is 9.78 Å². The molecule has 3 aromatic carbocycles. The Balaban J connectivity index is 1.46. The van der Waals surface area contributed by atoms with E-state index < -0.39 is 24.4 Å². The third kappa shape index (κ3) is 5.34. The average molecular weight is 460 g/mol. The van der Waals surface area contributed by atoms with Crippen molar-refractivity contribution in [2.75, 3.05) is 6.61 Å². The number of halogens is 1. The van der Waals surface area contributed by atoms with E-state index in [-0.39, 0.29) is 5.56 Å². The molecule has 2 N–H and O–H groups in total. The molecule has 7 nitrogen and oxygen atoms in total. The van der Waals surface area contributed by atoms with E-state index in [0.29, 0.717) is 27.2 Å². The Labute approximate surface area is 194 Å². The highest BCUT2D eigenvalue weighted by Crippen LogP contribution is 2.26. The number of ether oxygens (including phenoxy) is 1. The van der Waals surface area contributed by atoms with Crippen LogP contribution in [0.25, 0.3) is 22.2 Å². The van der Waals surface area contributed by atoms with Crippen molar-refractivity contribution in [3.63, 3.8) is 0 Å². The Morgan fingerprint density at radius 2 is 1.55 bits per heavy atom. The van der Waals surface area contributed by atoms with Crippen LogP contribution in [0.4, 0.5) is 0 Å². The second-order valence-electron chi connectivity index (χ2n) is 7.02. The minimum absolute atomic E-state index is 0.270. The van der Waals surface area contributed by atoms with Crippen molar-refractivity contribution in [3.05, 3.63) is 101 Å². The molecular formula is C25H18ClN3O4. The SMILES string of the molecule is O=C(COC(=O)c1cc(-c2ccc(Cl)cc2)nc2ccccc12)NNC(=O)c1ccccc1. The highest BCUT2D eigenvalue weighted by atomic mass is 35.5. The number of carbonyl (C=O) groups excluding carboxylic acids is 3. The molecular weight excluding hydrogens is 442 g/mol. The first kappa shape index (κ1) is 22.0. The molecule has 4 rings (SSSR count). The lowest BCUT2D eigenvalue weighted by molar-refractivity contribution is -0.125. The Morgan fingerprint density at radius 3 is 2.30 bits per heavy atom. The first-order valence-electron chi connectivity index (χ1n) is 9.98. The average Bonchev–Trinajstić information content (AvgIpc) is 2.86. The summed E-state index contributed by atoms with van der Waals surface area (Å²) in [6, 6.07) is 24.2. The largest absolute Gasteiger partial charge is 0.452 e. The van der Waals surface area contributed by atoms with Crippen molar-refractivity contribution < 1.29 is 19.1 Å². The molecule has 0 saturated carbocycles. The van der Waals surface area contributed by atoms with Gasteiger partial charge in [0.2, 0.25) is 0 Å². The van der Waals surface area contributed by atoms with Crippen LogP contribution in [-0.2, 0) is 9.53 Å². The summed E-state index contributed by atoms with van der Waals surface area (Å²) in [7, 11) is 0. The number of hydrogen-bond acceptors (Lipinski definition) is 5. The van der Waals surface area contributed by atoms with Crippen LogP contribution in [0, 0.1) is 0 Å². The predicted molar refractivity (Wildman–Crippen MR) is 125 cm³/mol. The molecule has 0 bridgehead atoms. The molecule has 2 amide bonds. The Hall–Kier alpha value is -4.23. The number of pyridine rings is 1. The number of benzene rings is 3. The number of hydrazine groups is 1. The molecule has 1 aromatic heterocycles. The van der Waals surface area contributed by atoms with Crippen LogP contribution >= 0.6 is 11.6 Å². The Kier molecular flexibility index (Phi) is 6.61. The van der Waals surface area contributed by atoms with Gasteiger partial charge in [-0.3, -0.25) is 20.4 Å². The van der Waals surface area contributed by atoms with Gasteiger partial charge in [-0.05, 0) is 36.4 Å². The number of aromatic nitrogens is 1. The van der Waals surface area contributed by atoms with E-state index >= 15 is 0 Å². The molecule has 0 aliphatic rings. The summed E-state index contributed by atoms with van der Waals surface area (Å²) in [4.78, 5) is 41.5. The molecule has 1 heterocycles. The summed E-state index contributed by atoms with van der Waals surface area (Å²) in [6.45, 7) is -0.569. The molecule has 8 heteroatoms. The first-order valence-corrected chi connectivity index (χ1v) is 10.4. The molecule has 0 fully saturated rings. The van der Waals surface area contributed by atoms with Gasteiger partial charge in [-0.15, -0.1) is 0 Å². The smallest absolute Gasteiger partial charge is 0.339 e. The molecule has 0 spiro atoms. The number of nitrogens with one attached hydrogen (secondary N) is 2. The number of rotatable bonds is 5. The number of fused-ring (bicyclic) bond motifs is 1. The monoisotopic (exact) mass is 459 g/mol. The zero-order valence-electron chi connectivity index (χ0n) is 17.2. The highest BCUT2D eigenvalue weighted by Gasteiger charge is 2.17. The van der Waals surface area contributed by atoms with Gasteiger partial charge < -0.3 is 4.74 Å². The predicted octanol–water partition coefficient (Wildman–Crippen LogP) is 4.17. The van der Waals surface area contributed by atoms with Gasteiger partial charge in [-0.1, -0.05) is 60.1 Å². The van der Waals surface area contributed by atoms with E-state index in [4.69, 9.17) is 16.3 Å². The van der Waals surface area contributed by atoms with Crippen LogP contribution in [0.2, 0.25) is 5.02 Å². The van der Waals surface area contributed by atoms with Crippen molar-refractivity contribution in [3.8, 4) is 11.3 Å². The molecule has 0 unspecified atom stereocenters. The van der Waals surface area contributed by atoms with Crippen molar-refractivity contribution >= 4 is 40.3 Å². The number of esters is 1. The van der Waals surface area contributed by atoms with Crippen LogP contribution in [0.15, 0.2) is 84.9 Å². The number of hydrogen-bond donors (Lipinski definition) is 2. The number of amides is 2. The van der Waals surface area contributed by atoms with Crippen LogP contribution in [-0.4, -0.2) is 29.4 Å². The van der Waals surface area contributed by atoms with Crippen molar-refractivity contribution in [2.24, 2.45) is 0 Å². The fourth-order valence-electron chi connectivity index (χ4n) is 3.15. The van der Waals surface area contributed by atoms with E-state index in [1.807, 2.05) is 6.07 Å². The normalized spacial score (nSPS) is 10.5. The molecule has 164 valence electrons. The van der Waals surface area contributed by atoms with Gasteiger partial charge in [0.15, 0.2) is 6.61 Å². The molecule has 4 aromatic rings. The highest BCUT2D eigenvalue weighted by molar-refractivity contribution is 6.30. The topological polar surface area (TPSA) is 97.4 Å². The quantitative estimate of drug-likeness (QED) is 0.345. The van der Waals surface area contributed by atoms with E-state index in [1.165, 1.54) is 0 Å². The summed E-state index contributed by atoms with van der Waals surface area (Å²) in [5, 5.41) is 1.18. The van der Waals surface area contributed by atoms with Crippen LogP contribution in [0.3, 0.4) is 0 Å². The Morgan fingerprint density at radius 1 is 0.848 bits per heavy atom. The standard InChI is InChI=1S/C25H18ClN3O4/c26-18-12-10-16(11-13-18)22-14-20(19-8-4-5-9-21(19)27-22)25(32)33-15-23(30)28-29-24(31)17-6-2-1-3-7-17/h1-14H,15H2,(H,28,30)(H,29,31). The van der Waals surface area contributed by atoms with Crippen molar-refractivity contribution in [2.45, 2.75) is 0 Å². The van der Waals surface area contributed by atoms with E-state index in [9.17, 15) is 14.4 Å². The fraction of sp³-hybridized carbons (Fsp3) is 0.0400. The summed E-state index contributed by atoms with van der Waals surface area (Å²) in [6.07, 6.45) is 0. The lowest BCUT2D eigenvalue weighted by Crippen LogP contribution is -2.43. The van der Waals surface area contributed by atoms with Gasteiger partial charge in [0, 0.05) is 21.5 Å². The maximum absolute atomic E-state index is 12.8. The van der Waals surface area contributed by atoms with Gasteiger partial charge >= 0.3 is 5.97 Å². The maximum Gasteiger partial charge on any atom is 0.339 e. The van der Waals surface area contributed by atoms with Gasteiger partial charge in [0.05, 0.1) is 16.8 Å². The second-order valence-corrected chi connectivity index (χ2v) is 7.46. The number of carbonyl (C=O) groups is 3. The van der Waals surface area contributed by atoms with E-state index in [1.54, 1.807) is 78.9 Å². The van der Waals surface area contributed by atoms with Crippen LogP contribution in [0.1, 0.15) is 20.7 Å². The van der Waals surface area contributed by atoms with Crippen molar-refractivity contribution in [1.82, 2.24) is 15.8 Å². The maximum atomic E-state index is 12.8. The lowest BCUT2D eigenvalue weighted by Gasteiger charge is -2.11. The van der Waals surface area contributed by atoms with Crippen LogP contribution < -0.4 is 10.9 Å². The third-order valence-electron chi connectivity index (χ3n) is 4.76. The van der Waals surface area contributed by atoms with Gasteiger partial charge in [0.25, 0.3) is 11.8 Å². The molecule has 0 atom stereocenters. The molecule has 0 aliphatic carbocycles. The number of para-hydroxylation sites is 1. The third-order valence-corrected chi connectivity index (χ3v) is 5.01. The van der Waals surface area contributed by atoms with Crippen LogP contribution in [0.5, 0.6) is 0 Å². The zero-order valence-corrected chi connectivity index (χ0v) is 18.0.